The standard InChI is InChI=1S/C18H18BrN3O2/c1-12-21-15-5-3-4-6-16(15)22(12)10-9-20-18(23)13-7-8-17(24-2)14(19)11-13/h3-8,11H,9-10H2,1-2H3,(H,20,23). The molecule has 0 unspecified atom stereocenters. The van der Waals surface area contributed by atoms with Crippen molar-refractivity contribution in [2.24, 2.45) is 0 Å². The fourth-order valence-electron chi connectivity index (χ4n) is 2.67. The monoisotopic (exact) mass is 387 g/mol. The molecular weight excluding hydrogens is 370 g/mol. The first-order valence-electron chi connectivity index (χ1n) is 7.64. The van der Waals surface area contributed by atoms with E-state index in [0.29, 0.717) is 24.4 Å². The van der Waals surface area contributed by atoms with E-state index in [1.54, 1.807) is 25.3 Å². The fraction of sp³-hybridized carbons (Fsp3) is 0.222. The highest BCUT2D eigenvalue weighted by Gasteiger charge is 2.10. The molecule has 1 aromatic heterocycles. The number of hydrogen-bond donors (Lipinski definition) is 1. The van der Waals surface area contributed by atoms with Crippen LogP contribution < -0.4 is 10.1 Å². The maximum atomic E-state index is 12.3. The molecule has 0 atom stereocenters. The van der Waals surface area contributed by atoms with Gasteiger partial charge in [0.05, 0.1) is 22.6 Å². The van der Waals surface area contributed by atoms with Crippen LogP contribution in [-0.4, -0.2) is 29.1 Å². The van der Waals surface area contributed by atoms with Crippen molar-refractivity contribution < 1.29 is 9.53 Å². The van der Waals surface area contributed by atoms with Crippen molar-refractivity contribution in [2.45, 2.75) is 13.5 Å². The molecule has 1 amide bonds. The summed E-state index contributed by atoms with van der Waals surface area (Å²) in [6.07, 6.45) is 0. The largest absolute Gasteiger partial charge is 0.496 e. The van der Waals surface area contributed by atoms with E-state index in [9.17, 15) is 4.79 Å². The zero-order chi connectivity index (χ0) is 17.1. The molecule has 6 heteroatoms. The van der Waals surface area contributed by atoms with Gasteiger partial charge in [-0.05, 0) is 53.2 Å². The highest BCUT2D eigenvalue weighted by atomic mass is 79.9. The van der Waals surface area contributed by atoms with E-state index in [4.69, 9.17) is 4.74 Å². The summed E-state index contributed by atoms with van der Waals surface area (Å²) in [7, 11) is 1.59. The summed E-state index contributed by atoms with van der Waals surface area (Å²) < 4.78 is 8.04. The molecule has 0 saturated carbocycles. The third kappa shape index (κ3) is 3.28. The summed E-state index contributed by atoms with van der Waals surface area (Å²) in [6, 6.07) is 13.3. The molecule has 3 rings (SSSR count). The maximum absolute atomic E-state index is 12.3. The molecule has 2 aromatic carbocycles. The van der Waals surface area contributed by atoms with Gasteiger partial charge in [0, 0.05) is 18.7 Å². The number of hydrogen-bond acceptors (Lipinski definition) is 3. The Labute approximate surface area is 148 Å². The van der Waals surface area contributed by atoms with Crippen molar-refractivity contribution in [3.8, 4) is 5.75 Å². The molecule has 0 fully saturated rings. The molecule has 5 nitrogen and oxygen atoms in total. The number of halogens is 1. The quantitative estimate of drug-likeness (QED) is 0.728. The number of methoxy groups -OCH3 is 1. The average molecular weight is 388 g/mol. The van der Waals surface area contributed by atoms with Crippen molar-refractivity contribution >= 4 is 32.9 Å². The number of benzene rings is 2. The molecule has 0 aliphatic heterocycles. The van der Waals surface area contributed by atoms with Crippen LogP contribution in [0.4, 0.5) is 0 Å². The van der Waals surface area contributed by atoms with Crippen LogP contribution in [0.1, 0.15) is 16.2 Å². The van der Waals surface area contributed by atoms with Crippen LogP contribution in [0.25, 0.3) is 11.0 Å². The summed E-state index contributed by atoms with van der Waals surface area (Å²) in [5.41, 5.74) is 2.65. The van der Waals surface area contributed by atoms with Crippen molar-refractivity contribution in [2.75, 3.05) is 13.7 Å². The lowest BCUT2D eigenvalue weighted by Crippen LogP contribution is -2.27. The topological polar surface area (TPSA) is 56.1 Å². The molecule has 3 aromatic rings. The molecule has 1 N–H and O–H groups in total. The first-order valence-corrected chi connectivity index (χ1v) is 8.43. The summed E-state index contributed by atoms with van der Waals surface area (Å²) in [5, 5.41) is 2.94. The Kier molecular flexibility index (Phi) is 4.85. The van der Waals surface area contributed by atoms with Gasteiger partial charge in [-0.1, -0.05) is 12.1 Å². The van der Waals surface area contributed by atoms with Crippen LogP contribution in [0, 0.1) is 6.92 Å². The highest BCUT2D eigenvalue weighted by Crippen LogP contribution is 2.25. The lowest BCUT2D eigenvalue weighted by molar-refractivity contribution is 0.0952. The van der Waals surface area contributed by atoms with Gasteiger partial charge in [0.1, 0.15) is 11.6 Å². The summed E-state index contributed by atoms with van der Waals surface area (Å²) in [6.45, 7) is 3.18. The first-order chi connectivity index (χ1) is 11.6. The van der Waals surface area contributed by atoms with E-state index in [2.05, 4.69) is 30.8 Å². The Morgan fingerprint density at radius 3 is 2.83 bits per heavy atom. The minimum Gasteiger partial charge on any atom is -0.496 e. The second-order valence-electron chi connectivity index (χ2n) is 5.40. The normalized spacial score (nSPS) is 10.8. The van der Waals surface area contributed by atoms with E-state index < -0.39 is 0 Å². The van der Waals surface area contributed by atoms with Crippen LogP contribution in [-0.2, 0) is 6.54 Å². The molecule has 0 saturated heterocycles. The van der Waals surface area contributed by atoms with Gasteiger partial charge in [-0.15, -0.1) is 0 Å². The smallest absolute Gasteiger partial charge is 0.251 e. The molecule has 124 valence electrons. The zero-order valence-electron chi connectivity index (χ0n) is 13.5. The second-order valence-corrected chi connectivity index (χ2v) is 6.26. The number of ether oxygens (including phenoxy) is 1. The maximum Gasteiger partial charge on any atom is 0.251 e. The number of rotatable bonds is 5. The van der Waals surface area contributed by atoms with Gasteiger partial charge < -0.3 is 14.6 Å². The van der Waals surface area contributed by atoms with Crippen molar-refractivity contribution in [1.29, 1.82) is 0 Å². The van der Waals surface area contributed by atoms with E-state index in [-0.39, 0.29) is 5.91 Å². The van der Waals surface area contributed by atoms with E-state index in [1.165, 1.54) is 0 Å². The molecule has 0 spiro atoms. The molecule has 0 aliphatic carbocycles. The SMILES string of the molecule is COc1ccc(C(=O)NCCn2c(C)nc3ccccc32)cc1Br. The predicted molar refractivity (Wildman–Crippen MR) is 97.5 cm³/mol. The molecule has 24 heavy (non-hydrogen) atoms. The molecule has 0 bridgehead atoms. The van der Waals surface area contributed by atoms with Crippen LogP contribution in [0.5, 0.6) is 5.75 Å². The van der Waals surface area contributed by atoms with Gasteiger partial charge in [0.15, 0.2) is 0 Å². The van der Waals surface area contributed by atoms with Crippen LogP contribution in [0.15, 0.2) is 46.9 Å². The minimum atomic E-state index is -0.111. The Hall–Kier alpha value is -2.34. The number of para-hydroxylation sites is 2. The molecule has 1 heterocycles. The van der Waals surface area contributed by atoms with Gasteiger partial charge in [-0.3, -0.25) is 4.79 Å². The Bertz CT molecular complexity index is 889. The lowest BCUT2D eigenvalue weighted by Gasteiger charge is -2.10. The van der Waals surface area contributed by atoms with E-state index in [1.807, 2.05) is 31.2 Å². The third-order valence-electron chi connectivity index (χ3n) is 3.88. The number of carbonyl (C=O) groups is 1. The minimum absolute atomic E-state index is 0.111. The van der Waals surface area contributed by atoms with Gasteiger partial charge in [0.2, 0.25) is 0 Å². The number of imidazole rings is 1. The number of amides is 1. The van der Waals surface area contributed by atoms with E-state index >= 15 is 0 Å². The highest BCUT2D eigenvalue weighted by molar-refractivity contribution is 9.10. The Morgan fingerprint density at radius 2 is 2.08 bits per heavy atom. The molecule has 0 radical (unpaired) electrons. The third-order valence-corrected chi connectivity index (χ3v) is 4.50. The summed E-state index contributed by atoms with van der Waals surface area (Å²) in [4.78, 5) is 16.8. The Balaban J connectivity index is 1.66. The number of aromatic nitrogens is 2. The van der Waals surface area contributed by atoms with Gasteiger partial charge in [-0.2, -0.15) is 0 Å². The summed E-state index contributed by atoms with van der Waals surface area (Å²) in [5.74, 6) is 1.53. The van der Waals surface area contributed by atoms with Crippen LogP contribution in [0.3, 0.4) is 0 Å². The number of fused-ring (bicyclic) bond motifs is 1. The van der Waals surface area contributed by atoms with Crippen LogP contribution in [0.2, 0.25) is 0 Å². The number of nitrogens with zero attached hydrogens (tertiary/aromatic N) is 2. The fourth-order valence-corrected chi connectivity index (χ4v) is 3.21. The number of nitrogens with one attached hydrogen (secondary N) is 1. The molecule has 0 aliphatic rings. The number of carbonyl (C=O) groups excluding carboxylic acids is 1. The average Bonchev–Trinajstić information content (AvgIpc) is 2.90. The number of aryl methyl sites for hydroxylation is 1. The predicted octanol–water partition coefficient (Wildman–Crippen LogP) is 3.55. The van der Waals surface area contributed by atoms with Gasteiger partial charge in [-0.25, -0.2) is 4.98 Å². The van der Waals surface area contributed by atoms with E-state index in [0.717, 1.165) is 21.3 Å². The van der Waals surface area contributed by atoms with Crippen molar-refractivity contribution in [3.05, 3.63) is 58.3 Å². The lowest BCUT2D eigenvalue weighted by atomic mass is 10.2. The first kappa shape index (κ1) is 16.5. The summed E-state index contributed by atoms with van der Waals surface area (Å²) >= 11 is 3.39. The molecular formula is C18H18BrN3O2. The Morgan fingerprint density at radius 1 is 1.29 bits per heavy atom. The van der Waals surface area contributed by atoms with Gasteiger partial charge in [0.25, 0.3) is 5.91 Å². The van der Waals surface area contributed by atoms with Crippen molar-refractivity contribution in [1.82, 2.24) is 14.9 Å². The van der Waals surface area contributed by atoms with Gasteiger partial charge >= 0.3 is 0 Å². The van der Waals surface area contributed by atoms with Crippen molar-refractivity contribution in [3.63, 3.8) is 0 Å². The zero-order valence-corrected chi connectivity index (χ0v) is 15.1. The van der Waals surface area contributed by atoms with Crippen LogP contribution >= 0.6 is 15.9 Å². The second kappa shape index (κ2) is 7.05.